The van der Waals surface area contributed by atoms with Gasteiger partial charge in [-0.1, -0.05) is 32.5 Å². The summed E-state index contributed by atoms with van der Waals surface area (Å²) in [5.74, 6) is -0.630. The predicted molar refractivity (Wildman–Crippen MR) is 114 cm³/mol. The average Bonchev–Trinajstić information content (AvgIpc) is 2.94. The van der Waals surface area contributed by atoms with Gasteiger partial charge in [-0.15, -0.1) is 0 Å². The van der Waals surface area contributed by atoms with E-state index < -0.39 is 17.7 Å². The van der Waals surface area contributed by atoms with E-state index in [-0.39, 0.29) is 39.4 Å². The summed E-state index contributed by atoms with van der Waals surface area (Å²) >= 11 is 0.903. The van der Waals surface area contributed by atoms with E-state index in [2.05, 4.69) is 30.7 Å². The highest BCUT2D eigenvalue weighted by molar-refractivity contribution is 7.99. The standard InChI is InChI=1S/C23H25F4N3OS/c1-21(2)9-16-10-22(3,12-21)13-30(16)19(31)11-32-20-28-17(8-18(29-20)23(25,26)27)14-4-6-15(24)7-5-14/h4-8,16H,9-13H2,1-3H3/t16-,22+/m0/s1. The van der Waals surface area contributed by atoms with Gasteiger partial charge >= 0.3 is 6.18 Å². The smallest absolute Gasteiger partial charge is 0.338 e. The van der Waals surface area contributed by atoms with Gasteiger partial charge in [0.2, 0.25) is 5.91 Å². The predicted octanol–water partition coefficient (Wildman–Crippen LogP) is 5.82. The molecule has 0 N–H and O–H groups in total. The van der Waals surface area contributed by atoms with Crippen molar-refractivity contribution in [2.75, 3.05) is 12.3 Å². The first-order valence-corrected chi connectivity index (χ1v) is 11.5. The zero-order chi connectivity index (χ0) is 23.3. The van der Waals surface area contributed by atoms with Crippen molar-refractivity contribution >= 4 is 17.7 Å². The largest absolute Gasteiger partial charge is 0.433 e. The second-order valence-electron chi connectivity index (χ2n) is 9.95. The fourth-order valence-electron chi connectivity index (χ4n) is 5.36. The molecule has 0 spiro atoms. The molecule has 4 nitrogen and oxygen atoms in total. The Kier molecular flexibility index (Phi) is 5.76. The molecule has 4 rings (SSSR count). The molecule has 1 aliphatic carbocycles. The number of hydrogen-bond donors (Lipinski definition) is 0. The third-order valence-corrected chi connectivity index (χ3v) is 7.03. The summed E-state index contributed by atoms with van der Waals surface area (Å²) in [5, 5.41) is -0.124. The van der Waals surface area contributed by atoms with E-state index >= 15 is 0 Å². The number of hydrogen-bond acceptors (Lipinski definition) is 4. The van der Waals surface area contributed by atoms with Crippen molar-refractivity contribution in [1.82, 2.24) is 14.9 Å². The summed E-state index contributed by atoms with van der Waals surface area (Å²) in [6.07, 6.45) is -1.73. The van der Waals surface area contributed by atoms with Gasteiger partial charge in [-0.05, 0) is 60.4 Å². The summed E-state index contributed by atoms with van der Waals surface area (Å²) in [6.45, 7) is 7.30. The van der Waals surface area contributed by atoms with Crippen LogP contribution in [0.2, 0.25) is 0 Å². The molecule has 0 radical (unpaired) electrons. The molecule has 172 valence electrons. The molecule has 2 atom stereocenters. The number of benzene rings is 1. The van der Waals surface area contributed by atoms with Crippen LogP contribution in [0.25, 0.3) is 11.3 Å². The topological polar surface area (TPSA) is 46.1 Å². The van der Waals surface area contributed by atoms with Crippen LogP contribution in [-0.4, -0.2) is 39.1 Å². The van der Waals surface area contributed by atoms with Crippen LogP contribution in [0.4, 0.5) is 17.6 Å². The normalized spacial score (nSPS) is 24.6. The van der Waals surface area contributed by atoms with E-state index in [1.54, 1.807) is 0 Å². The molecule has 0 unspecified atom stereocenters. The molecule has 1 aliphatic heterocycles. The molecule has 1 aromatic heterocycles. The molecule has 1 saturated heterocycles. The second-order valence-corrected chi connectivity index (χ2v) is 10.9. The minimum atomic E-state index is -4.66. The Balaban J connectivity index is 1.53. The number of nitrogens with zero attached hydrogens (tertiary/aromatic N) is 3. The first-order valence-electron chi connectivity index (χ1n) is 10.5. The number of amides is 1. The van der Waals surface area contributed by atoms with E-state index in [0.717, 1.165) is 49.2 Å². The minimum absolute atomic E-state index is 0.0306. The van der Waals surface area contributed by atoms with E-state index in [4.69, 9.17) is 0 Å². The summed E-state index contributed by atoms with van der Waals surface area (Å²) in [7, 11) is 0. The number of rotatable bonds is 4. The summed E-state index contributed by atoms with van der Waals surface area (Å²) < 4.78 is 53.4. The van der Waals surface area contributed by atoms with Crippen LogP contribution in [0, 0.1) is 16.6 Å². The van der Waals surface area contributed by atoms with Gasteiger partial charge < -0.3 is 4.90 Å². The third-order valence-electron chi connectivity index (χ3n) is 6.20. The molecule has 2 aromatic rings. The maximum atomic E-state index is 13.4. The molecule has 2 fully saturated rings. The van der Waals surface area contributed by atoms with Crippen LogP contribution in [0.3, 0.4) is 0 Å². The monoisotopic (exact) mass is 467 g/mol. The molecular weight excluding hydrogens is 442 g/mol. The van der Waals surface area contributed by atoms with Crippen molar-refractivity contribution < 1.29 is 22.4 Å². The number of alkyl halides is 3. The average molecular weight is 468 g/mol. The lowest BCUT2D eigenvalue weighted by molar-refractivity contribution is -0.141. The molecule has 2 aliphatic rings. The van der Waals surface area contributed by atoms with Crippen molar-refractivity contribution in [2.24, 2.45) is 10.8 Å². The lowest BCUT2D eigenvalue weighted by Crippen LogP contribution is -2.38. The number of halogens is 4. The number of aromatic nitrogens is 2. The Bertz CT molecular complexity index is 1020. The van der Waals surface area contributed by atoms with Crippen molar-refractivity contribution in [1.29, 1.82) is 0 Å². The van der Waals surface area contributed by atoms with E-state index in [1.165, 1.54) is 12.1 Å². The van der Waals surface area contributed by atoms with Gasteiger partial charge in [-0.2, -0.15) is 13.2 Å². The van der Waals surface area contributed by atoms with Gasteiger partial charge in [-0.25, -0.2) is 14.4 Å². The fourth-order valence-corrected chi connectivity index (χ4v) is 6.11. The molecular formula is C23H25F4N3OS. The number of carbonyl (C=O) groups is 1. The zero-order valence-electron chi connectivity index (χ0n) is 18.2. The van der Waals surface area contributed by atoms with Gasteiger partial charge in [-0.3, -0.25) is 4.79 Å². The Morgan fingerprint density at radius 2 is 1.84 bits per heavy atom. The summed E-state index contributed by atoms with van der Waals surface area (Å²) in [5.41, 5.74) is -0.471. The zero-order valence-corrected chi connectivity index (χ0v) is 19.0. The van der Waals surface area contributed by atoms with Gasteiger partial charge in [0.25, 0.3) is 0 Å². The Morgan fingerprint density at radius 1 is 1.16 bits per heavy atom. The molecule has 2 bridgehead atoms. The van der Waals surface area contributed by atoms with Crippen molar-refractivity contribution in [3.8, 4) is 11.3 Å². The van der Waals surface area contributed by atoms with E-state index in [9.17, 15) is 22.4 Å². The van der Waals surface area contributed by atoms with Crippen molar-refractivity contribution in [3.63, 3.8) is 0 Å². The Hall–Kier alpha value is -2.16. The molecule has 9 heteroatoms. The van der Waals surface area contributed by atoms with Crippen LogP contribution >= 0.6 is 11.8 Å². The van der Waals surface area contributed by atoms with Crippen LogP contribution in [0.15, 0.2) is 35.5 Å². The van der Waals surface area contributed by atoms with Gasteiger partial charge in [0.1, 0.15) is 11.5 Å². The summed E-state index contributed by atoms with van der Waals surface area (Å²) in [6, 6.07) is 6.05. The van der Waals surface area contributed by atoms with Gasteiger partial charge in [0, 0.05) is 18.2 Å². The maximum Gasteiger partial charge on any atom is 0.433 e. The third kappa shape index (κ3) is 4.92. The van der Waals surface area contributed by atoms with E-state index in [1.807, 2.05) is 4.90 Å². The molecule has 1 saturated carbocycles. The van der Waals surface area contributed by atoms with Crippen LogP contribution < -0.4 is 0 Å². The van der Waals surface area contributed by atoms with Gasteiger partial charge in [0.15, 0.2) is 5.16 Å². The number of thioether (sulfide) groups is 1. The number of fused-ring (bicyclic) bond motifs is 2. The van der Waals surface area contributed by atoms with E-state index in [0.29, 0.717) is 12.1 Å². The molecule has 32 heavy (non-hydrogen) atoms. The summed E-state index contributed by atoms with van der Waals surface area (Å²) in [4.78, 5) is 22.7. The number of carbonyl (C=O) groups excluding carboxylic acids is 1. The van der Waals surface area contributed by atoms with Crippen molar-refractivity contribution in [3.05, 3.63) is 41.8 Å². The van der Waals surface area contributed by atoms with Crippen molar-refractivity contribution in [2.45, 2.75) is 57.4 Å². The van der Waals surface area contributed by atoms with Gasteiger partial charge in [0.05, 0.1) is 11.4 Å². The second kappa shape index (κ2) is 8.01. The lowest BCUT2D eigenvalue weighted by Gasteiger charge is -2.39. The fraction of sp³-hybridized carbons (Fsp3) is 0.522. The molecule has 2 heterocycles. The highest BCUT2D eigenvalue weighted by Crippen LogP contribution is 2.52. The number of likely N-dealkylation sites (tertiary alicyclic amines) is 1. The molecule has 1 aromatic carbocycles. The highest BCUT2D eigenvalue weighted by Gasteiger charge is 2.50. The van der Waals surface area contributed by atoms with Crippen LogP contribution in [0.1, 0.15) is 45.7 Å². The first kappa shape index (κ1) is 23.0. The lowest BCUT2D eigenvalue weighted by atomic mass is 9.65. The molecule has 1 amide bonds. The minimum Gasteiger partial charge on any atom is -0.338 e. The quantitative estimate of drug-likeness (QED) is 0.323. The highest BCUT2D eigenvalue weighted by atomic mass is 32.2. The Morgan fingerprint density at radius 3 is 2.50 bits per heavy atom. The SMILES string of the molecule is CC1(C)C[C@H]2C[C@@](C)(CN2C(=O)CSc2nc(-c3ccc(F)cc3)cc(C(F)(F)F)n2)C1. The van der Waals surface area contributed by atoms with Crippen LogP contribution in [0.5, 0.6) is 0 Å². The Labute approximate surface area is 188 Å². The maximum absolute atomic E-state index is 13.4. The van der Waals surface area contributed by atoms with Crippen LogP contribution in [-0.2, 0) is 11.0 Å². The first-order chi connectivity index (χ1) is 14.8.